The first-order chi connectivity index (χ1) is 7.79. The second-order valence-corrected chi connectivity index (χ2v) is 5.82. The van der Waals surface area contributed by atoms with Crippen LogP contribution in [0.2, 0.25) is 0 Å². The largest absolute Gasteiger partial charge is 0.313 e. The minimum absolute atomic E-state index is 0.738. The van der Waals surface area contributed by atoms with Crippen molar-refractivity contribution in [3.05, 3.63) is 0 Å². The second-order valence-electron chi connectivity index (χ2n) is 5.82. The fraction of sp³-hybridized carbons (Fsp3) is 1.00. The van der Waals surface area contributed by atoms with E-state index in [1.807, 2.05) is 0 Å². The van der Waals surface area contributed by atoms with E-state index in [1.165, 1.54) is 58.2 Å². The fourth-order valence-corrected chi connectivity index (χ4v) is 3.24. The van der Waals surface area contributed by atoms with Crippen LogP contribution in [0.5, 0.6) is 0 Å². The van der Waals surface area contributed by atoms with Crippen molar-refractivity contribution in [3.63, 3.8) is 0 Å². The van der Waals surface area contributed by atoms with E-state index in [9.17, 15) is 0 Å². The summed E-state index contributed by atoms with van der Waals surface area (Å²) >= 11 is 0. The average Bonchev–Trinajstić information content (AvgIpc) is 2.55. The maximum atomic E-state index is 3.67. The lowest BCUT2D eigenvalue weighted by atomic mass is 9.86. The highest BCUT2D eigenvalue weighted by Crippen LogP contribution is 2.27. The standard InChI is InChI=1S/C14H28N2/c1-3-13-11-16(10-4-9-15-13)14-7-5-12(2)6-8-14/h12-15H,3-11H2,1-2H3. The summed E-state index contributed by atoms with van der Waals surface area (Å²) in [5.41, 5.74) is 0. The van der Waals surface area contributed by atoms with E-state index in [4.69, 9.17) is 0 Å². The number of rotatable bonds is 2. The van der Waals surface area contributed by atoms with Crippen LogP contribution in [0.15, 0.2) is 0 Å². The predicted molar refractivity (Wildman–Crippen MR) is 69.7 cm³/mol. The average molecular weight is 224 g/mol. The number of nitrogens with one attached hydrogen (secondary N) is 1. The Labute approximate surface area is 101 Å². The van der Waals surface area contributed by atoms with Gasteiger partial charge in [-0.3, -0.25) is 4.90 Å². The minimum Gasteiger partial charge on any atom is -0.313 e. The topological polar surface area (TPSA) is 15.3 Å². The van der Waals surface area contributed by atoms with Gasteiger partial charge in [-0.1, -0.05) is 13.8 Å². The van der Waals surface area contributed by atoms with Crippen molar-refractivity contribution in [2.45, 2.75) is 64.5 Å². The summed E-state index contributed by atoms with van der Waals surface area (Å²) in [5, 5.41) is 3.67. The zero-order valence-corrected chi connectivity index (χ0v) is 11.0. The van der Waals surface area contributed by atoms with Gasteiger partial charge in [-0.25, -0.2) is 0 Å². The number of nitrogens with zero attached hydrogens (tertiary/aromatic N) is 1. The molecule has 1 atom stereocenters. The van der Waals surface area contributed by atoms with Crippen LogP contribution in [0.4, 0.5) is 0 Å². The molecule has 1 unspecified atom stereocenters. The molecule has 0 radical (unpaired) electrons. The number of hydrogen-bond donors (Lipinski definition) is 1. The molecule has 2 rings (SSSR count). The Bertz CT molecular complexity index is 197. The summed E-state index contributed by atoms with van der Waals surface area (Å²) in [6.07, 6.45) is 8.40. The Morgan fingerprint density at radius 1 is 1.19 bits per heavy atom. The highest BCUT2D eigenvalue weighted by Gasteiger charge is 2.26. The van der Waals surface area contributed by atoms with Gasteiger partial charge in [-0.2, -0.15) is 0 Å². The van der Waals surface area contributed by atoms with Crippen LogP contribution in [0.25, 0.3) is 0 Å². The highest BCUT2D eigenvalue weighted by atomic mass is 15.2. The smallest absolute Gasteiger partial charge is 0.0192 e. The molecule has 2 heteroatoms. The van der Waals surface area contributed by atoms with Gasteiger partial charge < -0.3 is 5.32 Å². The summed E-state index contributed by atoms with van der Waals surface area (Å²) in [4.78, 5) is 2.78. The van der Waals surface area contributed by atoms with Gasteiger partial charge >= 0.3 is 0 Å². The predicted octanol–water partition coefficient (Wildman–Crippen LogP) is 2.64. The summed E-state index contributed by atoms with van der Waals surface area (Å²) in [5.74, 6) is 0.975. The van der Waals surface area contributed by atoms with Crippen molar-refractivity contribution in [1.29, 1.82) is 0 Å². The Morgan fingerprint density at radius 2 is 1.94 bits per heavy atom. The molecule has 0 aromatic carbocycles. The molecule has 0 spiro atoms. The summed E-state index contributed by atoms with van der Waals surface area (Å²) < 4.78 is 0. The van der Waals surface area contributed by atoms with Crippen molar-refractivity contribution < 1.29 is 0 Å². The van der Waals surface area contributed by atoms with Crippen LogP contribution in [-0.2, 0) is 0 Å². The quantitative estimate of drug-likeness (QED) is 0.776. The van der Waals surface area contributed by atoms with Gasteiger partial charge in [-0.15, -0.1) is 0 Å². The van der Waals surface area contributed by atoms with Gasteiger partial charge in [0, 0.05) is 18.6 Å². The van der Waals surface area contributed by atoms with Crippen molar-refractivity contribution >= 4 is 0 Å². The third-order valence-corrected chi connectivity index (χ3v) is 4.50. The molecule has 1 saturated heterocycles. The molecule has 2 nitrogen and oxygen atoms in total. The van der Waals surface area contributed by atoms with E-state index in [0.717, 1.165) is 18.0 Å². The third kappa shape index (κ3) is 3.21. The van der Waals surface area contributed by atoms with E-state index in [2.05, 4.69) is 24.1 Å². The Morgan fingerprint density at radius 3 is 2.62 bits per heavy atom. The molecular weight excluding hydrogens is 196 g/mol. The fourth-order valence-electron chi connectivity index (χ4n) is 3.24. The Kier molecular flexibility index (Phi) is 4.66. The molecule has 2 aliphatic rings. The molecule has 2 fully saturated rings. The van der Waals surface area contributed by atoms with Crippen molar-refractivity contribution in [3.8, 4) is 0 Å². The normalized spacial score (nSPS) is 38.2. The van der Waals surface area contributed by atoms with E-state index in [0.29, 0.717) is 0 Å². The molecule has 1 heterocycles. The van der Waals surface area contributed by atoms with Gasteiger partial charge in [0.25, 0.3) is 0 Å². The second kappa shape index (κ2) is 6.02. The van der Waals surface area contributed by atoms with Crippen LogP contribution >= 0.6 is 0 Å². The maximum Gasteiger partial charge on any atom is 0.0192 e. The summed E-state index contributed by atoms with van der Waals surface area (Å²) in [6, 6.07) is 1.63. The molecule has 16 heavy (non-hydrogen) atoms. The Balaban J connectivity index is 1.86. The SMILES string of the molecule is CCC1CN(C2CCC(C)CC2)CCCN1. The lowest BCUT2D eigenvalue weighted by Gasteiger charge is -2.36. The molecule has 0 bridgehead atoms. The third-order valence-electron chi connectivity index (χ3n) is 4.50. The van der Waals surface area contributed by atoms with Crippen LogP contribution in [0, 0.1) is 5.92 Å². The summed E-state index contributed by atoms with van der Waals surface area (Å²) in [7, 11) is 0. The van der Waals surface area contributed by atoms with Crippen molar-refractivity contribution in [1.82, 2.24) is 10.2 Å². The van der Waals surface area contributed by atoms with Gasteiger partial charge in [0.15, 0.2) is 0 Å². The summed E-state index contributed by atoms with van der Waals surface area (Å²) in [6.45, 7) is 8.55. The van der Waals surface area contributed by atoms with Crippen LogP contribution in [0.3, 0.4) is 0 Å². The molecule has 1 saturated carbocycles. The molecular formula is C14H28N2. The molecule has 1 N–H and O–H groups in total. The molecule has 0 aromatic heterocycles. The van der Waals surface area contributed by atoms with Gasteiger partial charge in [0.05, 0.1) is 0 Å². The van der Waals surface area contributed by atoms with Crippen LogP contribution in [0.1, 0.15) is 52.4 Å². The molecule has 1 aliphatic carbocycles. The highest BCUT2D eigenvalue weighted by molar-refractivity contribution is 4.83. The van der Waals surface area contributed by atoms with E-state index in [-0.39, 0.29) is 0 Å². The van der Waals surface area contributed by atoms with Gasteiger partial charge in [0.2, 0.25) is 0 Å². The Hall–Kier alpha value is -0.0800. The van der Waals surface area contributed by atoms with E-state index >= 15 is 0 Å². The maximum absolute atomic E-state index is 3.67. The lowest BCUT2D eigenvalue weighted by molar-refractivity contribution is 0.137. The zero-order valence-electron chi connectivity index (χ0n) is 11.0. The van der Waals surface area contributed by atoms with Crippen LogP contribution < -0.4 is 5.32 Å². The van der Waals surface area contributed by atoms with E-state index in [1.54, 1.807) is 0 Å². The number of hydrogen-bond acceptors (Lipinski definition) is 2. The monoisotopic (exact) mass is 224 g/mol. The molecule has 0 aromatic rings. The van der Waals surface area contributed by atoms with Crippen LogP contribution in [-0.4, -0.2) is 36.6 Å². The molecule has 0 amide bonds. The first kappa shape index (κ1) is 12.4. The minimum atomic E-state index is 0.738. The lowest BCUT2D eigenvalue weighted by Crippen LogP contribution is -2.43. The van der Waals surface area contributed by atoms with Gasteiger partial charge in [-0.05, 0) is 57.5 Å². The van der Waals surface area contributed by atoms with Crippen molar-refractivity contribution in [2.75, 3.05) is 19.6 Å². The van der Waals surface area contributed by atoms with Gasteiger partial charge in [0.1, 0.15) is 0 Å². The van der Waals surface area contributed by atoms with E-state index < -0.39 is 0 Å². The first-order valence-electron chi connectivity index (χ1n) is 7.27. The molecule has 1 aliphatic heterocycles. The molecule has 94 valence electrons. The van der Waals surface area contributed by atoms with Crippen molar-refractivity contribution in [2.24, 2.45) is 5.92 Å². The first-order valence-corrected chi connectivity index (χ1v) is 7.27. The zero-order chi connectivity index (χ0) is 11.4.